The van der Waals surface area contributed by atoms with Crippen LogP contribution in [0.1, 0.15) is 44.6 Å². The van der Waals surface area contributed by atoms with Crippen molar-refractivity contribution in [1.29, 1.82) is 0 Å². The molecule has 0 unspecified atom stereocenters. The van der Waals surface area contributed by atoms with E-state index in [4.69, 9.17) is 0 Å². The molecule has 2 aliphatic rings. The molecular weight excluding hydrogens is 411 g/mol. The van der Waals surface area contributed by atoms with E-state index in [1.54, 1.807) is 0 Å². The second-order valence-electron chi connectivity index (χ2n) is 7.68. The lowest BCUT2D eigenvalue weighted by Gasteiger charge is -2.45. The van der Waals surface area contributed by atoms with Crippen molar-refractivity contribution in [2.75, 3.05) is 39.8 Å². The third-order valence-electron chi connectivity index (χ3n) is 6.31. The molecule has 24 heavy (non-hydrogen) atoms. The molecule has 134 valence electrons. The van der Waals surface area contributed by atoms with Crippen LogP contribution < -0.4 is 24.0 Å². The van der Waals surface area contributed by atoms with Gasteiger partial charge >= 0.3 is 0 Å². The molecule has 3 nitrogen and oxygen atoms in total. The van der Waals surface area contributed by atoms with Crippen molar-refractivity contribution >= 4 is 5.91 Å². The standard InChI is InChI=1S/C20H31N2O.HI/c1-3-22(2)16-14-21(15-17-22)19(23)20(12-8-5-9-13-20)18-10-6-4-7-11-18;/h4,6-7,10-11H,3,5,8-9,12-17H2,1-2H3;1H/q+1;/p-1. The predicted molar refractivity (Wildman–Crippen MR) is 94.2 cm³/mol. The molecule has 1 aliphatic carbocycles. The zero-order valence-electron chi connectivity index (χ0n) is 15.1. The van der Waals surface area contributed by atoms with E-state index in [0.29, 0.717) is 5.91 Å². The normalized spacial score (nSPS) is 22.5. The Morgan fingerprint density at radius 3 is 2.21 bits per heavy atom. The highest BCUT2D eigenvalue weighted by Crippen LogP contribution is 2.41. The Morgan fingerprint density at radius 2 is 1.67 bits per heavy atom. The number of nitrogens with zero attached hydrogens (tertiary/aromatic N) is 2. The molecule has 0 aromatic heterocycles. The number of piperazine rings is 1. The van der Waals surface area contributed by atoms with Gasteiger partial charge in [0.2, 0.25) is 5.91 Å². The number of amides is 1. The van der Waals surface area contributed by atoms with E-state index in [0.717, 1.165) is 50.0 Å². The van der Waals surface area contributed by atoms with Gasteiger partial charge in [0.05, 0.1) is 45.2 Å². The third-order valence-corrected chi connectivity index (χ3v) is 6.31. The van der Waals surface area contributed by atoms with Crippen molar-refractivity contribution in [2.45, 2.75) is 44.4 Å². The maximum atomic E-state index is 13.5. The van der Waals surface area contributed by atoms with E-state index >= 15 is 0 Å². The second-order valence-corrected chi connectivity index (χ2v) is 7.68. The summed E-state index contributed by atoms with van der Waals surface area (Å²) in [6.07, 6.45) is 5.67. The summed E-state index contributed by atoms with van der Waals surface area (Å²) in [7, 11) is 2.31. The lowest BCUT2D eigenvalue weighted by atomic mass is 9.68. The first-order valence-electron chi connectivity index (χ1n) is 9.28. The van der Waals surface area contributed by atoms with Crippen molar-refractivity contribution in [3.63, 3.8) is 0 Å². The van der Waals surface area contributed by atoms with Gasteiger partial charge in [-0.25, -0.2) is 0 Å². The van der Waals surface area contributed by atoms with Crippen molar-refractivity contribution in [1.82, 2.24) is 4.90 Å². The number of halogens is 1. The molecule has 1 amide bonds. The smallest absolute Gasteiger partial charge is 0.233 e. The Kier molecular flexibility index (Phi) is 6.71. The first-order valence-corrected chi connectivity index (χ1v) is 9.28. The Labute approximate surface area is 164 Å². The van der Waals surface area contributed by atoms with Gasteiger partial charge in [0.25, 0.3) is 0 Å². The molecule has 1 heterocycles. The monoisotopic (exact) mass is 442 g/mol. The lowest BCUT2D eigenvalue weighted by Crippen LogP contribution is -3.00. The number of carbonyl (C=O) groups excluding carboxylic acids is 1. The van der Waals surface area contributed by atoms with Crippen molar-refractivity contribution in [2.24, 2.45) is 0 Å². The quantitative estimate of drug-likeness (QED) is 0.484. The SMILES string of the molecule is CC[N+]1(C)CCN(C(=O)C2(c3ccccc3)CCCCC2)CC1.[I-]. The molecule has 1 aromatic rings. The van der Waals surface area contributed by atoms with E-state index in [9.17, 15) is 4.79 Å². The van der Waals surface area contributed by atoms with Gasteiger partial charge in [0.15, 0.2) is 0 Å². The zero-order chi connectivity index (χ0) is 16.3. The average Bonchev–Trinajstić information content (AvgIpc) is 2.63. The van der Waals surface area contributed by atoms with Gasteiger partial charge in [0.1, 0.15) is 0 Å². The van der Waals surface area contributed by atoms with Crippen molar-refractivity contribution in [3.8, 4) is 0 Å². The minimum Gasteiger partial charge on any atom is -1.00 e. The van der Waals surface area contributed by atoms with Crippen LogP contribution in [0, 0.1) is 0 Å². The molecule has 0 N–H and O–H groups in total. The Balaban J connectivity index is 0.00000208. The predicted octanol–water partition coefficient (Wildman–Crippen LogP) is 0.201. The molecule has 4 heteroatoms. The van der Waals surface area contributed by atoms with Gasteiger partial charge in [0, 0.05) is 0 Å². The second kappa shape index (κ2) is 8.17. The van der Waals surface area contributed by atoms with E-state index in [1.165, 1.54) is 24.8 Å². The maximum Gasteiger partial charge on any atom is 0.233 e. The summed E-state index contributed by atoms with van der Waals surface area (Å²) in [4.78, 5) is 15.7. The number of likely N-dealkylation sites (N-methyl/N-ethyl adjacent to an activating group) is 1. The number of benzene rings is 1. The zero-order valence-corrected chi connectivity index (χ0v) is 17.3. The van der Waals surface area contributed by atoms with Crippen LogP contribution in [0.2, 0.25) is 0 Å². The highest BCUT2D eigenvalue weighted by Gasteiger charge is 2.44. The molecule has 1 aliphatic heterocycles. The summed E-state index contributed by atoms with van der Waals surface area (Å²) in [5, 5.41) is 0. The summed E-state index contributed by atoms with van der Waals surface area (Å²) in [5.74, 6) is 0.394. The minimum absolute atomic E-state index is 0. The molecule has 0 radical (unpaired) electrons. The van der Waals surface area contributed by atoms with Crippen molar-refractivity contribution in [3.05, 3.63) is 35.9 Å². The van der Waals surface area contributed by atoms with E-state index in [2.05, 4.69) is 49.2 Å². The summed E-state index contributed by atoms with van der Waals surface area (Å²) in [6, 6.07) is 10.6. The molecule has 3 rings (SSSR count). The first kappa shape index (κ1) is 19.7. The van der Waals surface area contributed by atoms with Crippen LogP contribution in [0.3, 0.4) is 0 Å². The molecule has 0 spiro atoms. The van der Waals surface area contributed by atoms with Crippen LogP contribution in [0.25, 0.3) is 0 Å². The van der Waals surface area contributed by atoms with Crippen LogP contribution in [-0.4, -0.2) is 55.1 Å². The van der Waals surface area contributed by atoms with E-state index in [1.807, 2.05) is 0 Å². The number of carbonyl (C=O) groups is 1. The summed E-state index contributed by atoms with van der Waals surface area (Å²) in [6.45, 7) is 7.42. The highest BCUT2D eigenvalue weighted by atomic mass is 127. The Hall–Kier alpha value is -0.620. The van der Waals surface area contributed by atoms with Crippen LogP contribution in [0.15, 0.2) is 30.3 Å². The maximum absolute atomic E-state index is 13.5. The summed E-state index contributed by atoms with van der Waals surface area (Å²) >= 11 is 0. The van der Waals surface area contributed by atoms with E-state index in [-0.39, 0.29) is 29.4 Å². The topological polar surface area (TPSA) is 20.3 Å². The fourth-order valence-electron chi connectivity index (χ4n) is 4.31. The molecule has 0 atom stereocenters. The Bertz CT molecular complexity index is 532. The van der Waals surface area contributed by atoms with Gasteiger partial charge in [-0.1, -0.05) is 49.6 Å². The van der Waals surface area contributed by atoms with E-state index < -0.39 is 0 Å². The van der Waals surface area contributed by atoms with Crippen LogP contribution >= 0.6 is 0 Å². The van der Waals surface area contributed by atoms with Crippen LogP contribution in [0.4, 0.5) is 0 Å². The fraction of sp³-hybridized carbons (Fsp3) is 0.650. The van der Waals surface area contributed by atoms with Crippen LogP contribution in [-0.2, 0) is 10.2 Å². The van der Waals surface area contributed by atoms with Gasteiger partial charge in [-0.2, -0.15) is 0 Å². The molecule has 1 aromatic carbocycles. The molecule has 0 bridgehead atoms. The van der Waals surface area contributed by atoms with Gasteiger partial charge in [-0.15, -0.1) is 0 Å². The van der Waals surface area contributed by atoms with Crippen LogP contribution in [0.5, 0.6) is 0 Å². The van der Waals surface area contributed by atoms with Gasteiger partial charge < -0.3 is 33.4 Å². The Morgan fingerprint density at radius 1 is 1.08 bits per heavy atom. The number of hydrogen-bond donors (Lipinski definition) is 0. The summed E-state index contributed by atoms with van der Waals surface area (Å²) in [5.41, 5.74) is 0.981. The molecule has 2 fully saturated rings. The highest BCUT2D eigenvalue weighted by molar-refractivity contribution is 5.88. The average molecular weight is 442 g/mol. The third kappa shape index (κ3) is 3.79. The number of quaternary nitrogens is 1. The summed E-state index contributed by atoms with van der Waals surface area (Å²) < 4.78 is 1.10. The minimum atomic E-state index is -0.257. The van der Waals surface area contributed by atoms with Crippen molar-refractivity contribution < 1.29 is 33.3 Å². The van der Waals surface area contributed by atoms with Gasteiger partial charge in [-0.3, -0.25) is 4.79 Å². The molecule has 1 saturated heterocycles. The molecule has 1 saturated carbocycles. The molecular formula is C20H31IN2O. The first-order chi connectivity index (χ1) is 11.1. The van der Waals surface area contributed by atoms with Gasteiger partial charge in [-0.05, 0) is 25.3 Å². The largest absolute Gasteiger partial charge is 1.00 e. The fourth-order valence-corrected chi connectivity index (χ4v) is 4.31. The lowest BCUT2D eigenvalue weighted by molar-refractivity contribution is -0.911. The number of hydrogen-bond acceptors (Lipinski definition) is 1. The number of rotatable bonds is 3.